The van der Waals surface area contributed by atoms with E-state index in [1.807, 2.05) is 13.1 Å². The Hall–Kier alpha value is -0.940. The molecule has 0 aromatic carbocycles. The maximum atomic E-state index is 5.07. The van der Waals surface area contributed by atoms with Gasteiger partial charge in [-0.15, -0.1) is 0 Å². The molecule has 0 radical (unpaired) electrons. The van der Waals surface area contributed by atoms with Gasteiger partial charge in [0.05, 0.1) is 12.3 Å². The summed E-state index contributed by atoms with van der Waals surface area (Å²) in [5.41, 5.74) is 1.79. The molecule has 0 unspecified atom stereocenters. The van der Waals surface area contributed by atoms with Gasteiger partial charge in [0.1, 0.15) is 0 Å². The van der Waals surface area contributed by atoms with Gasteiger partial charge in [-0.2, -0.15) is 5.10 Å². The molecule has 0 spiro atoms. The Bertz CT molecular complexity index is 466. The highest BCUT2D eigenvalue weighted by Gasteiger charge is 2.09. The Labute approximate surface area is 90.0 Å². The van der Waals surface area contributed by atoms with Crippen LogP contribution in [0.2, 0.25) is 0 Å². The lowest BCUT2D eigenvalue weighted by Crippen LogP contribution is -1.93. The minimum absolute atomic E-state index is 0.509. The maximum Gasteiger partial charge on any atom is 0.157 e. The average molecular weight is 256 g/mol. The molecule has 0 N–H and O–H groups in total. The number of nitrogens with zero attached hydrogens (tertiary/aromatic N) is 3. The molecule has 2 rings (SSSR count). The highest BCUT2D eigenvalue weighted by Crippen LogP contribution is 2.20. The first-order valence-electron chi connectivity index (χ1n) is 4.18. The molecule has 4 nitrogen and oxygen atoms in total. The minimum Gasteiger partial charge on any atom is -0.378 e. The van der Waals surface area contributed by atoms with Crippen LogP contribution in [0, 0.1) is 0 Å². The number of halogens is 1. The second-order valence-corrected chi connectivity index (χ2v) is 3.94. The summed E-state index contributed by atoms with van der Waals surface area (Å²) in [5, 5.41) is 5.36. The van der Waals surface area contributed by atoms with Crippen molar-refractivity contribution in [2.45, 2.75) is 6.61 Å². The van der Waals surface area contributed by atoms with Gasteiger partial charge in [-0.05, 0) is 22.0 Å². The molecule has 5 heteroatoms. The van der Waals surface area contributed by atoms with E-state index in [1.165, 1.54) is 0 Å². The number of aromatic nitrogens is 3. The molecular formula is C9H10BrN3O. The molecule has 0 saturated carbocycles. The normalized spacial score (nSPS) is 11.1. The van der Waals surface area contributed by atoms with Crippen LogP contribution in [0.3, 0.4) is 0 Å². The van der Waals surface area contributed by atoms with E-state index in [0.29, 0.717) is 6.61 Å². The molecule has 2 heterocycles. The number of pyridine rings is 1. The lowest BCUT2D eigenvalue weighted by Gasteiger charge is -1.94. The first-order chi connectivity index (χ1) is 6.72. The number of rotatable bonds is 2. The molecule has 0 aliphatic carbocycles. The van der Waals surface area contributed by atoms with E-state index in [2.05, 4.69) is 26.0 Å². The SMILES string of the molecule is COCc1nn(C)c2ncc(Br)cc12. The fourth-order valence-corrected chi connectivity index (χ4v) is 1.76. The van der Waals surface area contributed by atoms with E-state index in [-0.39, 0.29) is 0 Å². The van der Waals surface area contributed by atoms with E-state index >= 15 is 0 Å². The van der Waals surface area contributed by atoms with E-state index in [4.69, 9.17) is 4.74 Å². The second kappa shape index (κ2) is 3.67. The second-order valence-electron chi connectivity index (χ2n) is 3.03. The molecule has 0 aliphatic heterocycles. The lowest BCUT2D eigenvalue weighted by molar-refractivity contribution is 0.182. The smallest absolute Gasteiger partial charge is 0.157 e. The van der Waals surface area contributed by atoms with Crippen molar-refractivity contribution in [2.75, 3.05) is 7.11 Å². The first kappa shape index (κ1) is 9.61. The van der Waals surface area contributed by atoms with E-state index in [9.17, 15) is 0 Å². The summed E-state index contributed by atoms with van der Waals surface area (Å²) in [6.45, 7) is 0.509. The highest BCUT2D eigenvalue weighted by molar-refractivity contribution is 9.10. The van der Waals surface area contributed by atoms with Gasteiger partial charge < -0.3 is 4.74 Å². The van der Waals surface area contributed by atoms with Gasteiger partial charge in [0.25, 0.3) is 0 Å². The third-order valence-electron chi connectivity index (χ3n) is 2.00. The molecule has 0 atom stereocenters. The molecule has 74 valence electrons. The largest absolute Gasteiger partial charge is 0.378 e. The zero-order valence-corrected chi connectivity index (χ0v) is 9.58. The van der Waals surface area contributed by atoms with Gasteiger partial charge >= 0.3 is 0 Å². The van der Waals surface area contributed by atoms with Gasteiger partial charge in [0.2, 0.25) is 0 Å². The summed E-state index contributed by atoms with van der Waals surface area (Å²) in [6, 6.07) is 2.00. The van der Waals surface area contributed by atoms with Crippen molar-refractivity contribution >= 4 is 27.0 Å². The predicted molar refractivity (Wildman–Crippen MR) is 56.9 cm³/mol. The summed E-state index contributed by atoms with van der Waals surface area (Å²) in [5.74, 6) is 0. The van der Waals surface area contributed by atoms with Gasteiger partial charge in [-0.1, -0.05) is 0 Å². The summed E-state index contributed by atoms with van der Waals surface area (Å²) < 4.78 is 7.78. The van der Waals surface area contributed by atoms with Crippen molar-refractivity contribution < 1.29 is 4.74 Å². The van der Waals surface area contributed by atoms with Crippen molar-refractivity contribution in [1.82, 2.24) is 14.8 Å². The van der Waals surface area contributed by atoms with E-state index < -0.39 is 0 Å². The van der Waals surface area contributed by atoms with Crippen LogP contribution < -0.4 is 0 Å². The molecule has 0 saturated heterocycles. The van der Waals surface area contributed by atoms with Crippen molar-refractivity contribution in [3.8, 4) is 0 Å². The Morgan fingerprint density at radius 1 is 1.57 bits per heavy atom. The highest BCUT2D eigenvalue weighted by atomic mass is 79.9. The van der Waals surface area contributed by atoms with Crippen molar-refractivity contribution in [3.05, 3.63) is 22.4 Å². The van der Waals surface area contributed by atoms with Crippen molar-refractivity contribution in [1.29, 1.82) is 0 Å². The lowest BCUT2D eigenvalue weighted by atomic mass is 10.3. The number of hydrogen-bond donors (Lipinski definition) is 0. The maximum absolute atomic E-state index is 5.07. The fraction of sp³-hybridized carbons (Fsp3) is 0.333. The molecule has 2 aromatic rings. The van der Waals surface area contributed by atoms with Gasteiger partial charge in [-0.25, -0.2) is 4.98 Å². The van der Waals surface area contributed by atoms with Crippen LogP contribution in [0.4, 0.5) is 0 Å². The molecule has 2 aromatic heterocycles. The number of hydrogen-bond acceptors (Lipinski definition) is 3. The van der Waals surface area contributed by atoms with Crippen LogP contribution >= 0.6 is 15.9 Å². The average Bonchev–Trinajstić information content (AvgIpc) is 2.44. The first-order valence-corrected chi connectivity index (χ1v) is 4.97. The number of fused-ring (bicyclic) bond motifs is 1. The van der Waals surface area contributed by atoms with Crippen LogP contribution in [-0.2, 0) is 18.4 Å². The third-order valence-corrected chi connectivity index (χ3v) is 2.44. The number of aryl methyl sites for hydroxylation is 1. The van der Waals surface area contributed by atoms with Crippen molar-refractivity contribution in [2.24, 2.45) is 7.05 Å². The third kappa shape index (κ3) is 1.53. The number of methoxy groups -OCH3 is 1. The Morgan fingerprint density at radius 3 is 3.07 bits per heavy atom. The monoisotopic (exact) mass is 255 g/mol. The summed E-state index contributed by atoms with van der Waals surface area (Å²) >= 11 is 3.39. The van der Waals surface area contributed by atoms with Crippen LogP contribution in [0.15, 0.2) is 16.7 Å². The van der Waals surface area contributed by atoms with Crippen molar-refractivity contribution in [3.63, 3.8) is 0 Å². The summed E-state index contributed by atoms with van der Waals surface area (Å²) in [6.07, 6.45) is 1.76. The molecule has 0 amide bonds. The number of ether oxygens (including phenoxy) is 1. The van der Waals surface area contributed by atoms with Crippen LogP contribution in [0.5, 0.6) is 0 Å². The Balaban J connectivity index is 2.66. The molecular weight excluding hydrogens is 246 g/mol. The standard InChI is InChI=1S/C9H10BrN3O/c1-13-9-7(3-6(10)4-11-9)8(12-13)5-14-2/h3-4H,5H2,1-2H3. The zero-order chi connectivity index (χ0) is 10.1. The van der Waals surface area contributed by atoms with Gasteiger partial charge in [-0.3, -0.25) is 4.68 Å². The van der Waals surface area contributed by atoms with Crippen LogP contribution in [0.25, 0.3) is 11.0 Å². The summed E-state index contributed by atoms with van der Waals surface area (Å²) in [7, 11) is 3.54. The Kier molecular flexibility index (Phi) is 2.52. The fourth-order valence-electron chi connectivity index (χ4n) is 1.43. The zero-order valence-electron chi connectivity index (χ0n) is 7.99. The van der Waals surface area contributed by atoms with Crippen LogP contribution in [0.1, 0.15) is 5.69 Å². The van der Waals surface area contributed by atoms with E-state index in [1.54, 1.807) is 18.0 Å². The minimum atomic E-state index is 0.509. The molecule has 0 aliphatic rings. The molecule has 0 fully saturated rings. The molecule has 14 heavy (non-hydrogen) atoms. The topological polar surface area (TPSA) is 39.9 Å². The van der Waals surface area contributed by atoms with Crippen LogP contribution in [-0.4, -0.2) is 21.9 Å². The molecule has 0 bridgehead atoms. The summed E-state index contributed by atoms with van der Waals surface area (Å²) in [4.78, 5) is 4.28. The predicted octanol–water partition coefficient (Wildman–Crippen LogP) is 1.88. The van der Waals surface area contributed by atoms with Gasteiger partial charge in [0.15, 0.2) is 5.65 Å². The van der Waals surface area contributed by atoms with E-state index in [0.717, 1.165) is 21.2 Å². The van der Waals surface area contributed by atoms with Gasteiger partial charge in [0, 0.05) is 30.2 Å². The quantitative estimate of drug-likeness (QED) is 0.823. The Morgan fingerprint density at radius 2 is 2.36 bits per heavy atom.